The first-order chi connectivity index (χ1) is 8.60. The van der Waals surface area contributed by atoms with E-state index in [9.17, 15) is 9.59 Å². The van der Waals surface area contributed by atoms with Crippen LogP contribution >= 0.6 is 11.3 Å². The lowest BCUT2D eigenvalue weighted by atomic mass is 9.98. The zero-order chi connectivity index (χ0) is 13.3. The topological polar surface area (TPSA) is 107 Å². The standard InChI is InChI=1S/C11H10N3O3S/c12-3-6-5-18-10-7(6)1-2-14(8(16)4-15)9(10)11(13)17/h9,15H,1-2,4H2,(H2,13,17). The van der Waals surface area contributed by atoms with Gasteiger partial charge in [0.2, 0.25) is 11.8 Å². The molecule has 7 heteroatoms. The molecule has 2 amide bonds. The van der Waals surface area contributed by atoms with Crippen LogP contribution in [0.15, 0.2) is 0 Å². The normalized spacial score (nSPS) is 18.0. The maximum Gasteiger partial charge on any atom is 0.249 e. The first-order valence-corrected chi connectivity index (χ1v) is 6.04. The van der Waals surface area contributed by atoms with Gasteiger partial charge in [0.25, 0.3) is 0 Å². The summed E-state index contributed by atoms with van der Waals surface area (Å²) in [6.07, 6.45) is 0.466. The molecule has 0 saturated carbocycles. The molecule has 2 heterocycles. The SMILES string of the molecule is N#Cc1[c]sc2c1CCN(C(=O)CO)C2C(N)=O. The number of primary amides is 1. The second kappa shape index (κ2) is 4.76. The highest BCUT2D eigenvalue weighted by Gasteiger charge is 2.36. The van der Waals surface area contributed by atoms with Crippen LogP contribution in [0.1, 0.15) is 22.0 Å². The van der Waals surface area contributed by atoms with Gasteiger partial charge in [-0.3, -0.25) is 9.59 Å². The van der Waals surface area contributed by atoms with Gasteiger partial charge in [-0.2, -0.15) is 5.26 Å². The molecule has 1 aliphatic rings. The van der Waals surface area contributed by atoms with E-state index in [0.29, 0.717) is 16.9 Å². The molecule has 0 fully saturated rings. The fourth-order valence-corrected chi connectivity index (χ4v) is 3.12. The van der Waals surface area contributed by atoms with Crippen LogP contribution in [0.3, 0.4) is 0 Å². The average molecular weight is 264 g/mol. The molecule has 1 aromatic heterocycles. The molecular formula is C11H10N3O3S. The number of rotatable bonds is 2. The Balaban J connectivity index is 2.46. The maximum atomic E-state index is 11.6. The van der Waals surface area contributed by atoms with Gasteiger partial charge in [0, 0.05) is 11.4 Å². The molecule has 1 unspecified atom stereocenters. The number of aliphatic hydroxyl groups excluding tert-OH is 1. The molecule has 1 aromatic rings. The van der Waals surface area contributed by atoms with E-state index in [0.717, 1.165) is 16.9 Å². The zero-order valence-electron chi connectivity index (χ0n) is 9.34. The predicted octanol–water partition coefficient (Wildman–Crippen LogP) is -0.677. The highest BCUT2D eigenvalue weighted by Crippen LogP contribution is 2.35. The molecule has 0 aromatic carbocycles. The number of aliphatic hydroxyl groups is 1. The summed E-state index contributed by atoms with van der Waals surface area (Å²) >= 11 is 1.12. The van der Waals surface area contributed by atoms with E-state index < -0.39 is 24.5 Å². The smallest absolute Gasteiger partial charge is 0.249 e. The van der Waals surface area contributed by atoms with Crippen LogP contribution in [0.25, 0.3) is 0 Å². The molecule has 18 heavy (non-hydrogen) atoms. The second-order valence-electron chi connectivity index (χ2n) is 3.83. The Morgan fingerprint density at radius 2 is 2.39 bits per heavy atom. The second-order valence-corrected chi connectivity index (χ2v) is 4.68. The van der Waals surface area contributed by atoms with Crippen LogP contribution in [0.5, 0.6) is 0 Å². The lowest BCUT2D eigenvalue weighted by Gasteiger charge is -2.33. The molecule has 0 saturated heterocycles. The third-order valence-corrected chi connectivity index (χ3v) is 3.86. The lowest BCUT2D eigenvalue weighted by molar-refractivity contribution is -0.142. The van der Waals surface area contributed by atoms with Gasteiger partial charge in [-0.1, -0.05) is 0 Å². The van der Waals surface area contributed by atoms with E-state index in [1.807, 2.05) is 6.07 Å². The van der Waals surface area contributed by atoms with Crippen LogP contribution in [-0.2, 0) is 16.0 Å². The van der Waals surface area contributed by atoms with E-state index in [1.165, 1.54) is 4.90 Å². The van der Waals surface area contributed by atoms with Crippen molar-refractivity contribution in [3.63, 3.8) is 0 Å². The van der Waals surface area contributed by atoms with Gasteiger partial charge >= 0.3 is 0 Å². The zero-order valence-corrected chi connectivity index (χ0v) is 10.2. The lowest BCUT2D eigenvalue weighted by Crippen LogP contribution is -2.46. The molecule has 0 bridgehead atoms. The van der Waals surface area contributed by atoms with Crippen molar-refractivity contribution in [2.45, 2.75) is 12.5 Å². The van der Waals surface area contributed by atoms with Crippen molar-refractivity contribution < 1.29 is 14.7 Å². The Labute approximate surface area is 107 Å². The number of carbonyl (C=O) groups excluding carboxylic acids is 2. The number of hydrogen-bond donors (Lipinski definition) is 2. The maximum absolute atomic E-state index is 11.6. The minimum absolute atomic E-state index is 0.263. The molecule has 1 atom stereocenters. The highest BCUT2D eigenvalue weighted by molar-refractivity contribution is 7.10. The van der Waals surface area contributed by atoms with Crippen molar-refractivity contribution in [3.8, 4) is 6.07 Å². The number of nitriles is 1. The number of fused-ring (bicyclic) bond motifs is 1. The van der Waals surface area contributed by atoms with Gasteiger partial charge in [0.1, 0.15) is 18.7 Å². The molecule has 3 N–H and O–H groups in total. The fourth-order valence-electron chi connectivity index (χ4n) is 2.06. The summed E-state index contributed by atoms with van der Waals surface area (Å²) < 4.78 is 0. The number of hydrogen-bond acceptors (Lipinski definition) is 5. The molecule has 93 valence electrons. The van der Waals surface area contributed by atoms with Crippen molar-refractivity contribution in [1.82, 2.24) is 4.90 Å². The summed E-state index contributed by atoms with van der Waals surface area (Å²) in [6.45, 7) is -0.404. The quantitative estimate of drug-likeness (QED) is 0.738. The Hall–Kier alpha value is -1.91. The van der Waals surface area contributed by atoms with Gasteiger partial charge in [0.15, 0.2) is 0 Å². The van der Waals surface area contributed by atoms with Crippen molar-refractivity contribution >= 4 is 23.2 Å². The number of thiophene rings is 1. The van der Waals surface area contributed by atoms with E-state index in [4.69, 9.17) is 16.1 Å². The molecule has 0 spiro atoms. The van der Waals surface area contributed by atoms with Gasteiger partial charge in [-0.15, -0.1) is 11.3 Å². The van der Waals surface area contributed by atoms with Gasteiger partial charge in [0.05, 0.1) is 10.9 Å². The minimum Gasteiger partial charge on any atom is -0.387 e. The van der Waals surface area contributed by atoms with Crippen molar-refractivity contribution in [3.05, 3.63) is 21.4 Å². The van der Waals surface area contributed by atoms with Crippen LogP contribution in [-0.4, -0.2) is 35.0 Å². The van der Waals surface area contributed by atoms with Gasteiger partial charge in [-0.25, -0.2) is 0 Å². The summed E-state index contributed by atoms with van der Waals surface area (Å²) in [5, 5.41) is 20.6. The average Bonchev–Trinajstić information content (AvgIpc) is 2.79. The van der Waals surface area contributed by atoms with Crippen LogP contribution in [0.2, 0.25) is 0 Å². The summed E-state index contributed by atoms with van der Waals surface area (Å²) in [6, 6.07) is 1.10. The first-order valence-electron chi connectivity index (χ1n) is 5.23. The van der Waals surface area contributed by atoms with Crippen LogP contribution < -0.4 is 5.73 Å². The van der Waals surface area contributed by atoms with Gasteiger partial charge < -0.3 is 15.7 Å². The summed E-state index contributed by atoms with van der Waals surface area (Å²) in [5.41, 5.74) is 6.44. The molecule has 2 rings (SSSR count). The van der Waals surface area contributed by atoms with E-state index in [1.54, 1.807) is 0 Å². The number of nitrogens with zero attached hydrogens (tertiary/aromatic N) is 2. The van der Waals surface area contributed by atoms with E-state index >= 15 is 0 Å². The van der Waals surface area contributed by atoms with Crippen molar-refractivity contribution in [2.75, 3.05) is 13.2 Å². The predicted molar refractivity (Wildman–Crippen MR) is 62.3 cm³/mol. The highest BCUT2D eigenvalue weighted by atomic mass is 32.1. The third-order valence-electron chi connectivity index (χ3n) is 2.86. The monoisotopic (exact) mass is 264 g/mol. The Morgan fingerprint density at radius 3 is 2.94 bits per heavy atom. The number of nitrogens with two attached hydrogens (primary N) is 1. The van der Waals surface area contributed by atoms with Crippen molar-refractivity contribution in [2.24, 2.45) is 5.73 Å². The Bertz CT molecular complexity index is 546. The first kappa shape index (κ1) is 12.5. The van der Waals surface area contributed by atoms with Crippen LogP contribution in [0, 0.1) is 16.7 Å². The summed E-state index contributed by atoms with van der Waals surface area (Å²) in [4.78, 5) is 24.9. The fraction of sp³-hybridized carbons (Fsp3) is 0.364. The Morgan fingerprint density at radius 1 is 1.67 bits per heavy atom. The molecule has 6 nitrogen and oxygen atoms in total. The Kier molecular flexibility index (Phi) is 3.32. The minimum atomic E-state index is -0.906. The van der Waals surface area contributed by atoms with Crippen LogP contribution in [0.4, 0.5) is 0 Å². The summed E-state index contributed by atoms with van der Waals surface area (Å²) in [7, 11) is 0. The van der Waals surface area contributed by atoms with Gasteiger partial charge in [-0.05, 0) is 12.0 Å². The molecule has 1 radical (unpaired) electrons. The summed E-state index contributed by atoms with van der Waals surface area (Å²) in [5.74, 6) is -1.21. The van der Waals surface area contributed by atoms with E-state index in [2.05, 4.69) is 5.38 Å². The third kappa shape index (κ3) is 1.85. The molecule has 1 aliphatic heterocycles. The van der Waals surface area contributed by atoms with Crippen molar-refractivity contribution in [1.29, 1.82) is 5.26 Å². The molecular weight excluding hydrogens is 254 g/mol. The van der Waals surface area contributed by atoms with E-state index in [-0.39, 0.29) is 6.54 Å². The molecule has 0 aliphatic carbocycles. The number of carbonyl (C=O) groups is 2. The number of amides is 2. The largest absolute Gasteiger partial charge is 0.387 e.